The van der Waals surface area contributed by atoms with E-state index in [4.69, 9.17) is 9.97 Å². The number of hydrogen-bond acceptors (Lipinski definition) is 6. The third-order valence-electron chi connectivity index (χ3n) is 12.7. The molecule has 12 aromatic rings. The molecule has 0 radical (unpaired) electrons. The van der Waals surface area contributed by atoms with Gasteiger partial charge in [-0.25, -0.2) is 19.1 Å². The van der Waals surface area contributed by atoms with Crippen molar-refractivity contribution >= 4 is 43.6 Å². The summed E-state index contributed by atoms with van der Waals surface area (Å²) in [5, 5.41) is 51.5. The molecule has 0 aliphatic heterocycles. The van der Waals surface area contributed by atoms with Crippen LogP contribution in [0.15, 0.2) is 182 Å². The monoisotopic (exact) mass is 830 g/mol. The van der Waals surface area contributed by atoms with E-state index in [1.807, 2.05) is 84.9 Å². The molecule has 0 saturated heterocycles. The Kier molecular flexibility index (Phi) is 7.39. The molecule has 10 heteroatoms. The molecule has 6 aromatic carbocycles. The van der Waals surface area contributed by atoms with Crippen LogP contribution in [-0.4, -0.2) is 48.7 Å². The molecule has 304 valence electrons. The third-order valence-corrected chi connectivity index (χ3v) is 12.7. The smallest absolute Gasteiger partial charge is 0.208 e. The molecule has 0 saturated carbocycles. The van der Waals surface area contributed by atoms with E-state index in [2.05, 4.69) is 94.1 Å². The highest BCUT2D eigenvalue weighted by atomic mass is 16.3. The number of rotatable bonds is 6. The van der Waals surface area contributed by atoms with Gasteiger partial charge in [-0.15, -0.1) is 0 Å². The third kappa shape index (κ3) is 4.90. The zero-order chi connectivity index (χ0) is 42.8. The van der Waals surface area contributed by atoms with E-state index in [-0.39, 0.29) is 57.4 Å². The minimum atomic E-state index is -0.318. The highest BCUT2D eigenvalue weighted by Crippen LogP contribution is 2.65. The molecule has 0 bridgehead atoms. The van der Waals surface area contributed by atoms with Crippen molar-refractivity contribution in [2.45, 2.75) is 0 Å². The van der Waals surface area contributed by atoms with Gasteiger partial charge in [-0.2, -0.15) is 0 Å². The van der Waals surface area contributed by atoms with Gasteiger partial charge in [-0.3, -0.25) is 0 Å². The van der Waals surface area contributed by atoms with Crippen LogP contribution in [-0.2, 0) is 0 Å². The summed E-state index contributed by atoms with van der Waals surface area (Å²) in [4.78, 5) is 9.77. The van der Waals surface area contributed by atoms with Gasteiger partial charge in [-0.05, 0) is 72.8 Å². The predicted octanol–water partition coefficient (Wildman–Crippen LogP) is 12.1. The van der Waals surface area contributed by atoms with Crippen molar-refractivity contribution in [2.75, 3.05) is 0 Å². The minimum Gasteiger partial charge on any atom is -0.494 e. The number of nitrogens with zero attached hydrogens (tertiary/aromatic N) is 6. The fourth-order valence-corrected chi connectivity index (χ4v) is 9.80. The van der Waals surface area contributed by atoms with Gasteiger partial charge in [0.2, 0.25) is 23.5 Å². The topological polar surface area (TPSA) is 126 Å². The van der Waals surface area contributed by atoms with Gasteiger partial charge in [0.15, 0.2) is 0 Å². The maximum Gasteiger partial charge on any atom is 0.208 e. The average Bonchev–Trinajstić information content (AvgIpc) is 3.97. The SMILES string of the molecule is Oc1c2c(c(O)n1-c1cccc(-c3ccc(-n4c5ccccc5c5ccccc54)cc3)n1)-c1c-2c(O)n(-c2cccc(-c3ccc4c5ccccc5n(-c5ccccc5)c4c3)n2)c1O. The molecule has 0 fully saturated rings. The maximum absolute atomic E-state index is 11.7. The van der Waals surface area contributed by atoms with Crippen LogP contribution in [0, 0.1) is 0 Å². The van der Waals surface area contributed by atoms with Crippen LogP contribution in [0.25, 0.3) is 111 Å². The van der Waals surface area contributed by atoms with E-state index in [1.54, 1.807) is 12.1 Å². The first kappa shape index (κ1) is 35.7. The van der Waals surface area contributed by atoms with Crippen molar-refractivity contribution in [1.82, 2.24) is 28.2 Å². The second-order valence-electron chi connectivity index (χ2n) is 16.1. The van der Waals surface area contributed by atoms with Crippen LogP contribution in [0.1, 0.15) is 0 Å². The number of benzene rings is 6. The molecule has 0 spiro atoms. The van der Waals surface area contributed by atoms with Gasteiger partial charge in [0.1, 0.15) is 11.6 Å². The molecule has 6 heterocycles. The molecule has 1 aliphatic carbocycles. The van der Waals surface area contributed by atoms with Gasteiger partial charge in [-0.1, -0.05) is 109 Å². The summed E-state index contributed by atoms with van der Waals surface area (Å²) in [7, 11) is 0. The number of aromatic hydroxyl groups is 4. The van der Waals surface area contributed by atoms with Gasteiger partial charge in [0.05, 0.1) is 55.7 Å². The van der Waals surface area contributed by atoms with Gasteiger partial charge >= 0.3 is 0 Å². The van der Waals surface area contributed by atoms with Crippen LogP contribution in [0.2, 0.25) is 0 Å². The largest absolute Gasteiger partial charge is 0.494 e. The second kappa shape index (κ2) is 13.2. The first-order chi connectivity index (χ1) is 31.4. The lowest BCUT2D eigenvalue weighted by atomic mass is 9.86. The molecule has 13 rings (SSSR count). The van der Waals surface area contributed by atoms with Gasteiger partial charge in [0.25, 0.3) is 0 Å². The maximum atomic E-state index is 11.7. The average molecular weight is 831 g/mol. The lowest BCUT2D eigenvalue weighted by molar-refractivity contribution is 0.396. The van der Waals surface area contributed by atoms with Crippen LogP contribution in [0.4, 0.5) is 0 Å². The van der Waals surface area contributed by atoms with Crippen molar-refractivity contribution in [3.8, 4) is 91.3 Å². The molecule has 0 amide bonds. The normalized spacial score (nSPS) is 12.0. The first-order valence-electron chi connectivity index (χ1n) is 20.9. The molecule has 6 aromatic heterocycles. The highest BCUT2D eigenvalue weighted by Gasteiger charge is 2.44. The van der Waals surface area contributed by atoms with E-state index < -0.39 is 0 Å². The summed E-state index contributed by atoms with van der Waals surface area (Å²) < 4.78 is 6.95. The van der Waals surface area contributed by atoms with E-state index in [9.17, 15) is 20.4 Å². The van der Waals surface area contributed by atoms with Crippen LogP contribution < -0.4 is 0 Å². The number of fused-ring (bicyclic) bond motifs is 10. The summed E-state index contributed by atoms with van der Waals surface area (Å²) in [6, 6.07) is 60.4. The van der Waals surface area contributed by atoms with E-state index in [0.717, 1.165) is 55.3 Å². The fourth-order valence-electron chi connectivity index (χ4n) is 9.80. The van der Waals surface area contributed by atoms with Crippen molar-refractivity contribution in [3.05, 3.63) is 182 Å². The first-order valence-corrected chi connectivity index (χ1v) is 20.9. The Balaban J connectivity index is 0.842. The van der Waals surface area contributed by atoms with E-state index in [0.29, 0.717) is 11.4 Å². The summed E-state index contributed by atoms with van der Waals surface area (Å²) in [6.07, 6.45) is 0. The number of pyridine rings is 2. The Morgan fingerprint density at radius 1 is 0.297 bits per heavy atom. The van der Waals surface area contributed by atoms with E-state index in [1.165, 1.54) is 19.9 Å². The van der Waals surface area contributed by atoms with Crippen molar-refractivity contribution in [1.29, 1.82) is 0 Å². The molecule has 64 heavy (non-hydrogen) atoms. The second-order valence-corrected chi connectivity index (χ2v) is 16.1. The minimum absolute atomic E-state index is 0.205. The summed E-state index contributed by atoms with van der Waals surface area (Å²) in [5.74, 6) is -0.741. The fraction of sp³-hybridized carbons (Fsp3) is 0. The zero-order valence-corrected chi connectivity index (χ0v) is 33.8. The Hall–Kier alpha value is -9.02. The summed E-state index contributed by atoms with van der Waals surface area (Å²) >= 11 is 0. The highest BCUT2D eigenvalue weighted by molar-refractivity contribution is 6.13. The molecular weight excluding hydrogens is 797 g/mol. The molecular formula is C54H34N6O4. The van der Waals surface area contributed by atoms with Gasteiger partial charge < -0.3 is 29.6 Å². The number of aromatic nitrogens is 6. The molecule has 1 aliphatic rings. The molecule has 0 unspecified atom stereocenters. The Labute approximate surface area is 364 Å². The van der Waals surface area contributed by atoms with Crippen LogP contribution in [0.5, 0.6) is 23.5 Å². The van der Waals surface area contributed by atoms with E-state index >= 15 is 0 Å². The predicted molar refractivity (Wildman–Crippen MR) is 251 cm³/mol. The number of hydrogen-bond donors (Lipinski definition) is 4. The summed E-state index contributed by atoms with van der Waals surface area (Å²) in [6.45, 7) is 0. The Bertz CT molecular complexity index is 3790. The van der Waals surface area contributed by atoms with Gasteiger partial charge in [0, 0.05) is 44.0 Å². The number of para-hydroxylation sites is 4. The molecule has 4 N–H and O–H groups in total. The lowest BCUT2D eigenvalue weighted by Gasteiger charge is -2.14. The standard InChI is InChI=1S/C54H34N6O4/c61-51-47-48(52(62)59(51)45-22-10-17-39(55-45)31-24-27-34(28-25-31)57-41-19-7-4-14-35(41)36-15-5-8-20-42(36)57)50-49(47)53(63)60(54(50)64)46-23-11-18-40(56-46)32-26-29-38-37-16-6-9-21-43(37)58(44(38)30-32)33-12-2-1-3-13-33/h1-30,61-64H. The molecule has 0 atom stereocenters. The van der Waals surface area contributed by atoms with Crippen molar-refractivity contribution in [3.63, 3.8) is 0 Å². The van der Waals surface area contributed by atoms with Crippen molar-refractivity contribution < 1.29 is 20.4 Å². The zero-order valence-electron chi connectivity index (χ0n) is 33.8. The Morgan fingerprint density at radius 3 is 1.19 bits per heavy atom. The quantitative estimate of drug-likeness (QED) is 0.132. The Morgan fingerprint density at radius 2 is 0.688 bits per heavy atom. The lowest BCUT2D eigenvalue weighted by Crippen LogP contribution is -1.99. The summed E-state index contributed by atoms with van der Waals surface area (Å²) in [5.41, 5.74) is 10.1. The van der Waals surface area contributed by atoms with Crippen molar-refractivity contribution in [2.24, 2.45) is 0 Å². The van der Waals surface area contributed by atoms with Crippen LogP contribution in [0.3, 0.4) is 0 Å². The molecule has 10 nitrogen and oxygen atoms in total. The van der Waals surface area contributed by atoms with Crippen LogP contribution >= 0.6 is 0 Å².